The van der Waals surface area contributed by atoms with Crippen LogP contribution in [0, 0.1) is 6.92 Å². The molecule has 0 unspecified atom stereocenters. The summed E-state index contributed by atoms with van der Waals surface area (Å²) < 4.78 is 11.5. The summed E-state index contributed by atoms with van der Waals surface area (Å²) >= 11 is 0. The first-order valence-corrected chi connectivity index (χ1v) is 9.98. The normalized spacial score (nSPS) is 13.5. The quantitative estimate of drug-likeness (QED) is 0.570. The lowest BCUT2D eigenvalue weighted by Gasteiger charge is -2.20. The summed E-state index contributed by atoms with van der Waals surface area (Å²) in [6.07, 6.45) is 3.68. The highest BCUT2D eigenvalue weighted by atomic mass is 16.5. The van der Waals surface area contributed by atoms with Crippen molar-refractivity contribution in [3.8, 4) is 11.5 Å². The Bertz CT molecular complexity index is 779. The summed E-state index contributed by atoms with van der Waals surface area (Å²) in [5.74, 6) is 2.77. The van der Waals surface area contributed by atoms with Crippen LogP contribution in [0.5, 0.6) is 11.5 Å². The van der Waals surface area contributed by atoms with Crippen LogP contribution in [-0.2, 0) is 0 Å². The lowest BCUT2D eigenvalue weighted by molar-refractivity contribution is 0.230. The van der Waals surface area contributed by atoms with Gasteiger partial charge >= 0.3 is 0 Å². The Kier molecular flexibility index (Phi) is 6.92. The van der Waals surface area contributed by atoms with E-state index in [2.05, 4.69) is 32.4 Å². The van der Waals surface area contributed by atoms with Gasteiger partial charge in [-0.3, -0.25) is 0 Å². The zero-order chi connectivity index (χ0) is 19.9. The topological polar surface area (TPSA) is 71.5 Å². The molecule has 152 valence electrons. The van der Waals surface area contributed by atoms with Crippen molar-refractivity contribution in [1.29, 1.82) is 0 Å². The lowest BCUT2D eigenvalue weighted by Crippen LogP contribution is -2.27. The third-order valence-electron chi connectivity index (χ3n) is 4.85. The molecule has 1 aromatic heterocycles. The van der Waals surface area contributed by atoms with E-state index in [0.29, 0.717) is 12.6 Å². The van der Waals surface area contributed by atoms with Gasteiger partial charge in [0.15, 0.2) is 11.5 Å². The van der Waals surface area contributed by atoms with E-state index in [1.807, 2.05) is 38.2 Å². The molecule has 1 fully saturated rings. The van der Waals surface area contributed by atoms with Crippen LogP contribution in [0.3, 0.4) is 0 Å². The average molecular weight is 386 g/mol. The maximum Gasteiger partial charge on any atom is 0.229 e. The molecule has 1 saturated carbocycles. The molecule has 7 nitrogen and oxygen atoms in total. The fourth-order valence-corrected chi connectivity index (χ4v) is 3.24. The van der Waals surface area contributed by atoms with E-state index in [1.54, 1.807) is 7.11 Å². The molecule has 1 aliphatic rings. The van der Waals surface area contributed by atoms with Crippen LogP contribution in [0.2, 0.25) is 0 Å². The molecule has 0 aliphatic heterocycles. The minimum Gasteiger partial charge on any atom is -0.493 e. The summed E-state index contributed by atoms with van der Waals surface area (Å²) in [7, 11) is 3.50. The molecule has 0 amide bonds. The van der Waals surface area contributed by atoms with E-state index in [9.17, 15) is 0 Å². The lowest BCUT2D eigenvalue weighted by atomic mass is 10.2. The third kappa shape index (κ3) is 5.48. The molecule has 1 heterocycles. The first-order chi connectivity index (χ1) is 13.6. The van der Waals surface area contributed by atoms with Gasteiger partial charge in [0.2, 0.25) is 5.95 Å². The number of methoxy groups -OCH3 is 1. The number of hydrogen-bond acceptors (Lipinski definition) is 7. The summed E-state index contributed by atoms with van der Waals surface area (Å²) in [5, 5.41) is 6.29. The van der Waals surface area contributed by atoms with Gasteiger partial charge in [-0.15, -0.1) is 0 Å². The Morgan fingerprint density at radius 3 is 2.68 bits per heavy atom. The van der Waals surface area contributed by atoms with E-state index < -0.39 is 0 Å². The molecular formula is C21H31N5O2. The Morgan fingerprint density at radius 1 is 1.18 bits per heavy atom. The maximum atomic E-state index is 6.03. The number of rotatable bonds is 11. The number of aromatic nitrogens is 2. The second-order valence-electron chi connectivity index (χ2n) is 7.02. The molecule has 28 heavy (non-hydrogen) atoms. The minimum atomic E-state index is 0.545. The minimum absolute atomic E-state index is 0.545. The van der Waals surface area contributed by atoms with E-state index in [1.165, 1.54) is 12.8 Å². The number of ether oxygens (including phenoxy) is 2. The van der Waals surface area contributed by atoms with Gasteiger partial charge in [-0.1, -0.05) is 6.92 Å². The Balaban J connectivity index is 1.62. The van der Waals surface area contributed by atoms with Crippen LogP contribution in [0.15, 0.2) is 24.3 Å². The van der Waals surface area contributed by atoms with E-state index in [0.717, 1.165) is 54.3 Å². The van der Waals surface area contributed by atoms with Crippen LogP contribution in [0.25, 0.3) is 0 Å². The van der Waals surface area contributed by atoms with Gasteiger partial charge in [-0.2, -0.15) is 4.98 Å². The van der Waals surface area contributed by atoms with Crippen LogP contribution >= 0.6 is 0 Å². The predicted molar refractivity (Wildman–Crippen MR) is 113 cm³/mol. The van der Waals surface area contributed by atoms with Crippen molar-refractivity contribution in [1.82, 2.24) is 14.9 Å². The van der Waals surface area contributed by atoms with Crippen molar-refractivity contribution < 1.29 is 9.47 Å². The predicted octanol–water partition coefficient (Wildman–Crippen LogP) is 3.83. The van der Waals surface area contributed by atoms with Crippen LogP contribution in [0.1, 0.15) is 31.9 Å². The number of nitrogens with zero attached hydrogens (tertiary/aromatic N) is 3. The Hall–Kier alpha value is -2.54. The second-order valence-corrected chi connectivity index (χ2v) is 7.02. The Morgan fingerprint density at radius 2 is 2.00 bits per heavy atom. The van der Waals surface area contributed by atoms with Crippen molar-refractivity contribution in [2.45, 2.75) is 39.2 Å². The van der Waals surface area contributed by atoms with Crippen molar-refractivity contribution in [3.63, 3.8) is 0 Å². The monoisotopic (exact) mass is 385 g/mol. The Labute approximate surface area is 167 Å². The van der Waals surface area contributed by atoms with Gasteiger partial charge in [0.05, 0.1) is 13.7 Å². The van der Waals surface area contributed by atoms with Gasteiger partial charge in [0.1, 0.15) is 5.82 Å². The summed E-state index contributed by atoms with van der Waals surface area (Å²) in [4.78, 5) is 11.4. The number of anilines is 3. The van der Waals surface area contributed by atoms with Crippen LogP contribution in [-0.4, -0.2) is 54.8 Å². The smallest absolute Gasteiger partial charge is 0.229 e. The van der Waals surface area contributed by atoms with Gasteiger partial charge in [0, 0.05) is 43.1 Å². The summed E-state index contributed by atoms with van der Waals surface area (Å²) in [5.41, 5.74) is 1.75. The fraction of sp³-hybridized carbons (Fsp3) is 0.524. The molecule has 3 rings (SSSR count). The van der Waals surface area contributed by atoms with E-state index in [-0.39, 0.29) is 0 Å². The molecule has 0 atom stereocenters. The van der Waals surface area contributed by atoms with Gasteiger partial charge in [-0.25, -0.2) is 4.98 Å². The zero-order valence-electron chi connectivity index (χ0n) is 17.3. The first kappa shape index (κ1) is 20.2. The van der Waals surface area contributed by atoms with E-state index in [4.69, 9.17) is 9.47 Å². The standard InChI is InChI=1S/C21H31N5O2/c1-5-26(17-8-9-17)11-6-12-28-19-14-16(7-10-18(19)27-4)24-21-23-15(2)13-20(22-3)25-21/h7,10,13-14,17H,5-6,8-9,11-12H2,1-4H3,(H2,22,23,24,25). The van der Waals surface area contributed by atoms with E-state index >= 15 is 0 Å². The van der Waals surface area contributed by atoms with Crippen molar-refractivity contribution >= 4 is 17.5 Å². The largest absolute Gasteiger partial charge is 0.493 e. The van der Waals surface area contributed by atoms with Gasteiger partial charge in [0.25, 0.3) is 0 Å². The van der Waals surface area contributed by atoms with Crippen molar-refractivity contribution in [3.05, 3.63) is 30.0 Å². The molecular weight excluding hydrogens is 354 g/mol. The SMILES string of the molecule is CCN(CCCOc1cc(Nc2nc(C)cc(NC)n2)ccc1OC)C1CC1. The van der Waals surface area contributed by atoms with Crippen molar-refractivity contribution in [2.75, 3.05) is 44.5 Å². The molecule has 0 radical (unpaired) electrons. The number of benzene rings is 1. The molecule has 1 aliphatic carbocycles. The first-order valence-electron chi connectivity index (χ1n) is 9.98. The van der Waals surface area contributed by atoms with Crippen LogP contribution < -0.4 is 20.1 Å². The fourth-order valence-electron chi connectivity index (χ4n) is 3.24. The maximum absolute atomic E-state index is 6.03. The molecule has 7 heteroatoms. The summed E-state index contributed by atoms with van der Waals surface area (Å²) in [6.45, 7) is 7.01. The number of aryl methyl sites for hydroxylation is 1. The number of hydrogen-bond donors (Lipinski definition) is 2. The highest BCUT2D eigenvalue weighted by Crippen LogP contribution is 2.31. The van der Waals surface area contributed by atoms with Gasteiger partial charge < -0.3 is 25.0 Å². The summed E-state index contributed by atoms with van der Waals surface area (Å²) in [6, 6.07) is 8.46. The van der Waals surface area contributed by atoms with Gasteiger partial charge in [-0.05, 0) is 44.9 Å². The molecule has 0 spiro atoms. The second kappa shape index (κ2) is 9.59. The van der Waals surface area contributed by atoms with Crippen molar-refractivity contribution in [2.24, 2.45) is 0 Å². The zero-order valence-corrected chi connectivity index (χ0v) is 17.3. The molecule has 2 N–H and O–H groups in total. The highest BCUT2D eigenvalue weighted by molar-refractivity contribution is 5.60. The average Bonchev–Trinajstić information content (AvgIpc) is 3.53. The highest BCUT2D eigenvalue weighted by Gasteiger charge is 2.27. The number of nitrogens with one attached hydrogen (secondary N) is 2. The molecule has 2 aromatic rings. The third-order valence-corrected chi connectivity index (χ3v) is 4.85. The molecule has 0 saturated heterocycles. The molecule has 1 aromatic carbocycles. The molecule has 0 bridgehead atoms. The van der Waals surface area contributed by atoms with Crippen LogP contribution in [0.4, 0.5) is 17.5 Å².